The van der Waals surface area contributed by atoms with Crippen LogP contribution < -0.4 is 0 Å². The largest absolute Gasteiger partial charge is 0.456 e. The molecule has 34 heavy (non-hydrogen) atoms. The molecule has 0 atom stereocenters. The number of aryl methyl sites for hydroxylation is 1. The smallest absolute Gasteiger partial charge is 0.348 e. The van der Waals surface area contributed by atoms with Gasteiger partial charge in [-0.15, -0.1) is 22.7 Å². The van der Waals surface area contributed by atoms with Gasteiger partial charge >= 0.3 is 5.97 Å². The second-order valence-corrected chi connectivity index (χ2v) is 11.9. The van der Waals surface area contributed by atoms with Crippen LogP contribution in [0.1, 0.15) is 67.9 Å². The fourth-order valence-corrected chi connectivity index (χ4v) is 6.25. The van der Waals surface area contributed by atoms with Gasteiger partial charge in [-0.2, -0.15) is 8.75 Å². The van der Waals surface area contributed by atoms with Crippen molar-refractivity contribution in [1.29, 1.82) is 0 Å². The molecule has 4 nitrogen and oxygen atoms in total. The molecule has 0 aliphatic heterocycles. The first-order valence-corrected chi connectivity index (χ1v) is 13.6. The maximum absolute atomic E-state index is 15.5. The molecule has 3 aromatic heterocycles. The van der Waals surface area contributed by atoms with E-state index in [-0.39, 0.29) is 11.1 Å². The van der Waals surface area contributed by atoms with Crippen molar-refractivity contribution < 1.29 is 18.3 Å². The number of ether oxygens (including phenoxy) is 1. The highest BCUT2D eigenvalue weighted by Gasteiger charge is 2.27. The molecule has 180 valence electrons. The number of esters is 1. The molecule has 0 radical (unpaired) electrons. The molecule has 4 aromatic rings. The minimum absolute atomic E-state index is 0.0288. The summed E-state index contributed by atoms with van der Waals surface area (Å²) in [4.78, 5) is 14.9. The Labute approximate surface area is 209 Å². The molecule has 0 amide bonds. The molecular formula is C25H26F2N2O2S3. The molecule has 0 saturated heterocycles. The number of thiophene rings is 2. The monoisotopic (exact) mass is 520 g/mol. The maximum Gasteiger partial charge on any atom is 0.348 e. The lowest BCUT2D eigenvalue weighted by molar-refractivity contribution is 0.00752. The van der Waals surface area contributed by atoms with Crippen molar-refractivity contribution in [2.24, 2.45) is 0 Å². The van der Waals surface area contributed by atoms with Crippen LogP contribution >= 0.6 is 34.4 Å². The van der Waals surface area contributed by atoms with Crippen LogP contribution in [-0.2, 0) is 11.2 Å². The molecule has 0 spiro atoms. The Hall–Kier alpha value is -2.23. The van der Waals surface area contributed by atoms with E-state index in [9.17, 15) is 4.79 Å². The molecule has 0 N–H and O–H groups in total. The van der Waals surface area contributed by atoms with Gasteiger partial charge in [0.15, 0.2) is 11.6 Å². The summed E-state index contributed by atoms with van der Waals surface area (Å²) < 4.78 is 45.0. The number of carbonyl (C=O) groups excluding carboxylic acids is 1. The summed E-state index contributed by atoms with van der Waals surface area (Å²) in [6.07, 6.45) is 5.53. The lowest BCUT2D eigenvalue weighted by Gasteiger charge is -2.18. The van der Waals surface area contributed by atoms with E-state index in [1.807, 2.05) is 12.1 Å². The number of unbranched alkanes of at least 4 members (excludes halogenated alkanes) is 3. The zero-order valence-corrected chi connectivity index (χ0v) is 22.0. The zero-order valence-electron chi connectivity index (χ0n) is 19.5. The van der Waals surface area contributed by atoms with E-state index in [4.69, 9.17) is 4.74 Å². The Morgan fingerprint density at radius 1 is 0.912 bits per heavy atom. The predicted octanol–water partition coefficient (Wildman–Crippen LogP) is 8.50. The molecule has 0 bridgehead atoms. The lowest BCUT2D eigenvalue weighted by Crippen LogP contribution is -2.23. The van der Waals surface area contributed by atoms with Crippen molar-refractivity contribution in [1.82, 2.24) is 8.75 Å². The standard InChI is InChI=1S/C25H26F2N2O2S3/c1-5-6-7-8-9-14-10-11-15(32-14)18-20(26)21(27)19(23-22(18)28-34-29-23)16-12-13-17(33-16)24(30)31-25(2,3)4/h10-13H,5-9H2,1-4H3. The second kappa shape index (κ2) is 10.2. The van der Waals surface area contributed by atoms with E-state index < -0.39 is 23.2 Å². The zero-order chi connectivity index (χ0) is 24.5. The predicted molar refractivity (Wildman–Crippen MR) is 137 cm³/mol. The molecule has 0 aliphatic carbocycles. The summed E-state index contributed by atoms with van der Waals surface area (Å²) in [6, 6.07) is 6.98. The highest BCUT2D eigenvalue weighted by Crippen LogP contribution is 2.43. The number of aromatic nitrogens is 2. The Balaban J connectivity index is 1.70. The number of halogens is 2. The van der Waals surface area contributed by atoms with Gasteiger partial charge in [0.2, 0.25) is 0 Å². The summed E-state index contributed by atoms with van der Waals surface area (Å²) in [5.41, 5.74) is 0.168. The topological polar surface area (TPSA) is 52.1 Å². The summed E-state index contributed by atoms with van der Waals surface area (Å²) >= 11 is 3.44. The summed E-state index contributed by atoms with van der Waals surface area (Å²) in [7, 11) is 0. The molecule has 1 aromatic carbocycles. The van der Waals surface area contributed by atoms with Crippen molar-refractivity contribution in [2.45, 2.75) is 65.4 Å². The minimum atomic E-state index is -0.981. The molecule has 4 rings (SSSR count). The van der Waals surface area contributed by atoms with Gasteiger partial charge < -0.3 is 4.74 Å². The molecule has 0 fully saturated rings. The number of carbonyl (C=O) groups is 1. The third kappa shape index (κ3) is 5.21. The molecule has 0 unspecified atom stereocenters. The van der Waals surface area contributed by atoms with Crippen molar-refractivity contribution in [3.05, 3.63) is 45.7 Å². The third-order valence-electron chi connectivity index (χ3n) is 5.23. The van der Waals surface area contributed by atoms with Gasteiger partial charge in [0.05, 0.1) is 22.9 Å². The Kier molecular flexibility index (Phi) is 7.45. The maximum atomic E-state index is 15.5. The summed E-state index contributed by atoms with van der Waals surface area (Å²) in [5.74, 6) is -2.42. The van der Waals surface area contributed by atoms with Crippen molar-refractivity contribution in [2.75, 3.05) is 0 Å². The van der Waals surface area contributed by atoms with Crippen LogP contribution in [0.4, 0.5) is 8.78 Å². The molecule has 0 saturated carbocycles. The van der Waals surface area contributed by atoms with E-state index in [0.717, 1.165) is 47.2 Å². The van der Waals surface area contributed by atoms with E-state index >= 15 is 8.78 Å². The van der Waals surface area contributed by atoms with E-state index in [1.54, 1.807) is 32.9 Å². The van der Waals surface area contributed by atoms with Crippen molar-refractivity contribution in [3.8, 4) is 20.9 Å². The highest BCUT2D eigenvalue weighted by molar-refractivity contribution is 7.17. The Bertz CT molecular complexity index is 1320. The van der Waals surface area contributed by atoms with Gasteiger partial charge in [-0.1, -0.05) is 26.2 Å². The van der Waals surface area contributed by atoms with Gasteiger partial charge in [0.1, 0.15) is 21.5 Å². The van der Waals surface area contributed by atoms with Gasteiger partial charge in [0.25, 0.3) is 0 Å². The van der Waals surface area contributed by atoms with Crippen LogP contribution in [0, 0.1) is 11.6 Å². The lowest BCUT2D eigenvalue weighted by atomic mass is 10.0. The van der Waals surface area contributed by atoms with Crippen molar-refractivity contribution in [3.63, 3.8) is 0 Å². The van der Waals surface area contributed by atoms with Gasteiger partial charge in [-0.3, -0.25) is 0 Å². The fraction of sp³-hybridized carbons (Fsp3) is 0.400. The quantitative estimate of drug-likeness (QED) is 0.173. The van der Waals surface area contributed by atoms with Crippen LogP contribution in [0.3, 0.4) is 0 Å². The SMILES string of the molecule is CCCCCCc1ccc(-c2c(F)c(F)c(-c3ccc(C(=O)OC(C)(C)C)s3)c3nsnc23)s1. The molecule has 3 heterocycles. The van der Waals surface area contributed by atoms with Gasteiger partial charge in [-0.25, -0.2) is 13.6 Å². The number of rotatable bonds is 8. The van der Waals surface area contributed by atoms with E-state index in [1.165, 1.54) is 24.2 Å². The number of nitrogens with zero attached hydrogens (tertiary/aromatic N) is 2. The van der Waals surface area contributed by atoms with Crippen LogP contribution in [-0.4, -0.2) is 20.3 Å². The number of benzene rings is 1. The number of hydrogen-bond acceptors (Lipinski definition) is 7. The van der Waals surface area contributed by atoms with Crippen LogP contribution in [0.25, 0.3) is 31.9 Å². The second-order valence-electron chi connectivity index (χ2n) is 9.08. The van der Waals surface area contributed by atoms with Gasteiger partial charge in [-0.05, 0) is 57.9 Å². The number of fused-ring (bicyclic) bond motifs is 1. The first kappa shape index (κ1) is 24.9. The molecule has 9 heteroatoms. The van der Waals surface area contributed by atoms with Crippen LogP contribution in [0.5, 0.6) is 0 Å². The molecule has 0 aliphatic rings. The highest BCUT2D eigenvalue weighted by atomic mass is 32.1. The van der Waals surface area contributed by atoms with Crippen LogP contribution in [0.15, 0.2) is 24.3 Å². The van der Waals surface area contributed by atoms with Crippen molar-refractivity contribution >= 4 is 51.4 Å². The van der Waals surface area contributed by atoms with E-state index in [0.29, 0.717) is 25.7 Å². The normalized spacial score (nSPS) is 11.9. The van der Waals surface area contributed by atoms with Gasteiger partial charge in [0, 0.05) is 14.6 Å². The first-order valence-electron chi connectivity index (χ1n) is 11.3. The van der Waals surface area contributed by atoms with Crippen LogP contribution in [0.2, 0.25) is 0 Å². The summed E-state index contributed by atoms with van der Waals surface area (Å²) in [5, 5.41) is 0. The third-order valence-corrected chi connectivity index (χ3v) is 8.00. The average molecular weight is 521 g/mol. The minimum Gasteiger partial charge on any atom is -0.456 e. The van der Waals surface area contributed by atoms with E-state index in [2.05, 4.69) is 15.7 Å². The summed E-state index contributed by atoms with van der Waals surface area (Å²) in [6.45, 7) is 7.50. The average Bonchev–Trinajstić information content (AvgIpc) is 3.52. The fourth-order valence-electron chi connectivity index (χ4n) is 3.68. The first-order chi connectivity index (χ1) is 16.2. The Morgan fingerprint density at radius 2 is 1.53 bits per heavy atom. The Morgan fingerprint density at radius 3 is 2.15 bits per heavy atom. The molecular weight excluding hydrogens is 494 g/mol. The number of hydrogen-bond donors (Lipinski definition) is 0.